The Morgan fingerprint density at radius 1 is 1.14 bits per heavy atom. The van der Waals surface area contributed by atoms with Crippen LogP contribution in [0.3, 0.4) is 0 Å². The number of nitrogens with zero attached hydrogens (tertiary/aromatic N) is 1. The molecule has 0 aromatic heterocycles. The van der Waals surface area contributed by atoms with E-state index in [9.17, 15) is 0 Å². The maximum atomic E-state index is 2.39. The van der Waals surface area contributed by atoms with Crippen LogP contribution in [0.5, 0.6) is 0 Å². The molecule has 2 rings (SSSR count). The van der Waals surface area contributed by atoms with E-state index in [1.807, 2.05) is 0 Å². The first kappa shape index (κ1) is 9.47. The minimum atomic E-state index is 0.570. The molecule has 1 aromatic rings. The van der Waals surface area contributed by atoms with Gasteiger partial charge >= 0.3 is 0 Å². The van der Waals surface area contributed by atoms with E-state index in [1.54, 1.807) is 0 Å². The van der Waals surface area contributed by atoms with Crippen LogP contribution in [0.15, 0.2) is 36.4 Å². The van der Waals surface area contributed by atoms with Crippen molar-refractivity contribution in [2.75, 3.05) is 13.6 Å². The predicted octanol–water partition coefficient (Wildman–Crippen LogP) is 2.93. The van der Waals surface area contributed by atoms with Crippen molar-refractivity contribution in [3.05, 3.63) is 47.5 Å². The lowest BCUT2D eigenvalue weighted by Gasteiger charge is -2.29. The second-order valence-electron chi connectivity index (χ2n) is 4.07. The lowest BCUT2D eigenvalue weighted by molar-refractivity contribution is 0.261. The smallest absolute Gasteiger partial charge is 0.0382 e. The van der Waals surface area contributed by atoms with Crippen LogP contribution in [0.2, 0.25) is 0 Å². The van der Waals surface area contributed by atoms with Gasteiger partial charge in [0.15, 0.2) is 0 Å². The summed E-state index contributed by atoms with van der Waals surface area (Å²) < 4.78 is 0. The number of hydrogen-bond donors (Lipinski definition) is 0. The predicted molar refractivity (Wildman–Crippen MR) is 60.3 cm³/mol. The van der Waals surface area contributed by atoms with Gasteiger partial charge in [-0.3, -0.25) is 4.90 Å². The van der Waals surface area contributed by atoms with E-state index >= 15 is 0 Å². The standard InChI is InChI=1S/C13H17N/c1-11-6-8-12(9-7-11)13-5-3-4-10-14(13)2/h3-4,6-9,13H,5,10H2,1-2H3. The van der Waals surface area contributed by atoms with E-state index in [0.29, 0.717) is 6.04 Å². The third-order valence-corrected chi connectivity index (χ3v) is 2.91. The van der Waals surface area contributed by atoms with Crippen molar-refractivity contribution in [3.63, 3.8) is 0 Å². The normalized spacial score (nSPS) is 22.6. The van der Waals surface area contributed by atoms with Gasteiger partial charge in [-0.15, -0.1) is 0 Å². The molecule has 0 spiro atoms. The highest BCUT2D eigenvalue weighted by Crippen LogP contribution is 2.26. The van der Waals surface area contributed by atoms with E-state index in [0.717, 1.165) is 13.0 Å². The molecule has 0 saturated heterocycles. The third-order valence-electron chi connectivity index (χ3n) is 2.91. The van der Waals surface area contributed by atoms with Crippen LogP contribution in [0.25, 0.3) is 0 Å². The number of rotatable bonds is 1. The maximum absolute atomic E-state index is 2.39. The maximum Gasteiger partial charge on any atom is 0.0382 e. The van der Waals surface area contributed by atoms with E-state index in [2.05, 4.69) is 55.3 Å². The van der Waals surface area contributed by atoms with Gasteiger partial charge in [-0.2, -0.15) is 0 Å². The van der Waals surface area contributed by atoms with Crippen molar-refractivity contribution in [1.82, 2.24) is 4.90 Å². The van der Waals surface area contributed by atoms with Crippen LogP contribution in [0.1, 0.15) is 23.6 Å². The van der Waals surface area contributed by atoms with Gasteiger partial charge in [0.05, 0.1) is 0 Å². The van der Waals surface area contributed by atoms with E-state index in [-0.39, 0.29) is 0 Å². The van der Waals surface area contributed by atoms with Crippen LogP contribution >= 0.6 is 0 Å². The number of hydrogen-bond acceptors (Lipinski definition) is 1. The molecule has 0 saturated carbocycles. The molecule has 0 radical (unpaired) electrons. The summed E-state index contributed by atoms with van der Waals surface area (Å²) in [5.74, 6) is 0. The second kappa shape index (κ2) is 3.97. The Morgan fingerprint density at radius 3 is 2.50 bits per heavy atom. The molecule has 0 bridgehead atoms. The fraction of sp³-hybridized carbons (Fsp3) is 0.385. The second-order valence-corrected chi connectivity index (χ2v) is 4.07. The molecule has 1 aliphatic heterocycles. The van der Waals surface area contributed by atoms with Crippen LogP contribution in [0, 0.1) is 6.92 Å². The van der Waals surface area contributed by atoms with Gasteiger partial charge in [0.2, 0.25) is 0 Å². The summed E-state index contributed by atoms with van der Waals surface area (Å²) in [4.78, 5) is 2.39. The van der Waals surface area contributed by atoms with Gasteiger partial charge in [-0.25, -0.2) is 0 Å². The van der Waals surface area contributed by atoms with Crippen LogP contribution in [-0.4, -0.2) is 18.5 Å². The van der Waals surface area contributed by atoms with Gasteiger partial charge in [0.25, 0.3) is 0 Å². The molecule has 1 heteroatoms. The molecule has 14 heavy (non-hydrogen) atoms. The highest BCUT2D eigenvalue weighted by atomic mass is 15.1. The first-order valence-electron chi connectivity index (χ1n) is 5.19. The summed E-state index contributed by atoms with van der Waals surface area (Å²) >= 11 is 0. The van der Waals surface area contributed by atoms with E-state index in [1.165, 1.54) is 11.1 Å². The average Bonchev–Trinajstić information content (AvgIpc) is 2.20. The summed E-state index contributed by atoms with van der Waals surface area (Å²) in [6.45, 7) is 3.20. The molecule has 1 nitrogen and oxygen atoms in total. The molecule has 1 aliphatic rings. The molecular weight excluding hydrogens is 170 g/mol. The van der Waals surface area contributed by atoms with E-state index in [4.69, 9.17) is 0 Å². The molecule has 0 N–H and O–H groups in total. The Morgan fingerprint density at radius 2 is 1.86 bits per heavy atom. The lowest BCUT2D eigenvalue weighted by atomic mass is 9.99. The van der Waals surface area contributed by atoms with Crippen LogP contribution < -0.4 is 0 Å². The van der Waals surface area contributed by atoms with Gasteiger partial charge in [-0.05, 0) is 26.0 Å². The zero-order valence-corrected chi connectivity index (χ0v) is 8.90. The minimum absolute atomic E-state index is 0.570. The number of likely N-dealkylation sites (N-methyl/N-ethyl adjacent to an activating group) is 1. The molecular formula is C13H17N. The van der Waals surface area contributed by atoms with Crippen molar-refractivity contribution in [2.24, 2.45) is 0 Å². The molecule has 0 aliphatic carbocycles. The van der Waals surface area contributed by atoms with Crippen LogP contribution in [-0.2, 0) is 0 Å². The first-order valence-corrected chi connectivity index (χ1v) is 5.19. The third kappa shape index (κ3) is 1.88. The summed E-state index contributed by atoms with van der Waals surface area (Å²) in [5.41, 5.74) is 2.77. The zero-order valence-electron chi connectivity index (χ0n) is 8.90. The fourth-order valence-electron chi connectivity index (χ4n) is 1.95. The Labute approximate surface area is 86.1 Å². The summed E-state index contributed by atoms with van der Waals surface area (Å²) in [7, 11) is 2.19. The summed E-state index contributed by atoms with van der Waals surface area (Å²) in [5, 5.41) is 0. The molecule has 1 unspecified atom stereocenters. The first-order chi connectivity index (χ1) is 6.77. The molecule has 74 valence electrons. The zero-order chi connectivity index (χ0) is 9.97. The van der Waals surface area contributed by atoms with Crippen molar-refractivity contribution < 1.29 is 0 Å². The van der Waals surface area contributed by atoms with Crippen LogP contribution in [0.4, 0.5) is 0 Å². The minimum Gasteiger partial charge on any atom is -0.295 e. The molecule has 1 atom stereocenters. The molecule has 1 aromatic carbocycles. The summed E-state index contributed by atoms with van der Waals surface area (Å²) in [6, 6.07) is 9.45. The Kier molecular flexibility index (Phi) is 2.69. The van der Waals surface area contributed by atoms with Gasteiger partial charge in [-0.1, -0.05) is 42.0 Å². The largest absolute Gasteiger partial charge is 0.295 e. The molecule has 0 amide bonds. The molecule has 1 heterocycles. The van der Waals surface area contributed by atoms with Crippen molar-refractivity contribution in [1.29, 1.82) is 0 Å². The Hall–Kier alpha value is -1.08. The highest BCUT2D eigenvalue weighted by Gasteiger charge is 2.16. The highest BCUT2D eigenvalue weighted by molar-refractivity contribution is 5.25. The fourth-order valence-corrected chi connectivity index (χ4v) is 1.95. The topological polar surface area (TPSA) is 3.24 Å². The SMILES string of the molecule is Cc1ccc(C2CC=CCN2C)cc1. The van der Waals surface area contributed by atoms with Crippen molar-refractivity contribution in [2.45, 2.75) is 19.4 Å². The van der Waals surface area contributed by atoms with Gasteiger partial charge < -0.3 is 0 Å². The quantitative estimate of drug-likeness (QED) is 0.611. The van der Waals surface area contributed by atoms with E-state index < -0.39 is 0 Å². The molecule has 0 fully saturated rings. The number of aryl methyl sites for hydroxylation is 1. The van der Waals surface area contributed by atoms with Crippen molar-refractivity contribution >= 4 is 0 Å². The Bertz CT molecular complexity index is 324. The Balaban J connectivity index is 2.21. The summed E-state index contributed by atoms with van der Waals surface area (Å²) in [6.07, 6.45) is 5.66. The average molecular weight is 187 g/mol. The monoisotopic (exact) mass is 187 g/mol. The van der Waals surface area contributed by atoms with Gasteiger partial charge in [0.1, 0.15) is 0 Å². The van der Waals surface area contributed by atoms with Gasteiger partial charge in [0, 0.05) is 12.6 Å². The van der Waals surface area contributed by atoms with Crippen molar-refractivity contribution in [3.8, 4) is 0 Å². The number of benzene rings is 1. The lowest BCUT2D eigenvalue weighted by Crippen LogP contribution is -2.26.